The minimum atomic E-state index is -1.43. The monoisotopic (exact) mass is 2020 g/mol. The van der Waals surface area contributed by atoms with E-state index in [1.165, 1.54) is 198 Å². The zero-order chi connectivity index (χ0) is 97.1. The Labute approximate surface area is 858 Å². The van der Waals surface area contributed by atoms with Gasteiger partial charge in [0, 0.05) is 30.1 Å². The highest BCUT2D eigenvalue weighted by Gasteiger charge is 2.23. The Morgan fingerprint density at radius 3 is 0.622 bits per heavy atom. The number of hydrogen-bond acceptors (Lipinski definition) is 4. The molecule has 0 saturated carbocycles. The van der Waals surface area contributed by atoms with Crippen molar-refractivity contribution in [1.29, 1.82) is 0 Å². The molecule has 0 spiro atoms. The van der Waals surface area contributed by atoms with Gasteiger partial charge in [-0.1, -0.05) is 533 Å². The topological polar surface area (TPSA) is 80.9 Å². The van der Waals surface area contributed by atoms with Crippen molar-refractivity contribution < 1.29 is 20.1 Å². The van der Waals surface area contributed by atoms with E-state index in [-0.39, 0.29) is 0 Å². The lowest BCUT2D eigenvalue weighted by atomic mass is 9.79. The summed E-state index contributed by atoms with van der Waals surface area (Å²) in [6, 6.07) is 190. The van der Waals surface area contributed by atoms with E-state index in [4.69, 9.17) is 10.0 Å². The van der Waals surface area contributed by atoms with Crippen LogP contribution in [0.15, 0.2) is 553 Å². The van der Waals surface area contributed by atoms with Crippen LogP contribution in [0.2, 0.25) is 0 Å². The summed E-state index contributed by atoms with van der Waals surface area (Å²) in [4.78, 5) is 0. The van der Waals surface area contributed by atoms with E-state index in [9.17, 15) is 10.0 Å². The van der Waals surface area contributed by atoms with Crippen LogP contribution in [0, 0.1) is 0 Å². The van der Waals surface area contributed by atoms with Crippen LogP contribution in [-0.2, 0) is 0 Å². The second-order valence-corrected chi connectivity index (χ2v) is 38.2. The molecule has 143 heavy (non-hydrogen) atoms. The number of rotatable bonds is 14. The number of halogens is 3. The van der Waals surface area contributed by atoms with Gasteiger partial charge in [-0.05, 0) is 269 Å². The van der Waals surface area contributed by atoms with Gasteiger partial charge < -0.3 is 20.1 Å². The fraction of sp³-hybridized carbons (Fsp3) is 0. The van der Waals surface area contributed by atoms with Crippen LogP contribution in [0.4, 0.5) is 0 Å². The maximum Gasteiger partial charge on any atom is 0.488 e. The molecule has 0 aliphatic heterocycles. The largest absolute Gasteiger partial charge is 0.488 e. The van der Waals surface area contributed by atoms with E-state index in [1.54, 1.807) is 24.3 Å². The second-order valence-electron chi connectivity index (χ2n) is 35.6. The Bertz CT molecular complexity index is 8850. The van der Waals surface area contributed by atoms with E-state index in [0.29, 0.717) is 10.9 Å². The minimum absolute atomic E-state index is 0.505. The Morgan fingerprint density at radius 1 is 0.126 bits per heavy atom. The molecule has 0 amide bonds. The number of benzene rings is 25. The lowest BCUT2D eigenvalue weighted by Crippen LogP contribution is -2.29. The summed E-state index contributed by atoms with van der Waals surface area (Å²) in [5.41, 5.74) is 30.1. The van der Waals surface area contributed by atoms with Crippen LogP contribution >= 0.6 is 47.8 Å². The average Bonchev–Trinajstić information content (AvgIpc) is 0.746. The number of hydrogen-bond donors (Lipinski definition) is 4. The first-order chi connectivity index (χ1) is 70.3. The van der Waals surface area contributed by atoms with Crippen LogP contribution in [0.5, 0.6) is 0 Å². The number of fused-ring (bicyclic) bond motifs is 8. The molecule has 0 radical (unpaired) electrons. The standard InChI is InChI=1S/C48H32.C38H25Br.C22H14Br2.C16H13BO2.C10H9BO2/c1-3-14-35(15-4-1)47-43(41-21-11-20-39(32-41)40-24-22-33-12-7-9-18-37(33)30-40)26-28-46-45(47)29-27-44(48(46)36-16-5-2-6-17-36)42-25-23-34-13-8-10-19-38(34)31-42;39-36-23-22-34-35(38(36)28-13-5-2-6-14-28)21-20-33(37(34)27-11-3-1-4-12-27)32-17-9-16-30(25-32)31-19-18-26-10-7-8-15-29(26)24-31;23-19-13-12-18-17(21(19)15-7-3-1-4-8-15)11-14-20(24)22(18)16-9-5-2-6-10-16;18-17(19)16-7-3-6-14(11-16)15-9-8-12-4-1-2-5-13(12)10-15;12-11(13)10-6-5-8-3-1-2-4-9(8)7-10/h1-32H;1-25H;1-14H;1-11,18-19H;1-7,12-13H. The molecule has 25 aromatic carbocycles. The zero-order valence-electron chi connectivity index (χ0n) is 78.0. The molecule has 4 N–H and O–H groups in total. The first-order valence-electron chi connectivity index (χ1n) is 47.9. The third kappa shape index (κ3) is 20.4. The molecule has 0 aliphatic carbocycles. The summed E-state index contributed by atoms with van der Waals surface area (Å²) in [5, 5.41) is 55.8. The van der Waals surface area contributed by atoms with Crippen LogP contribution in [0.1, 0.15) is 0 Å². The average molecular weight is 2030 g/mol. The van der Waals surface area contributed by atoms with Crippen molar-refractivity contribution in [3.8, 4) is 134 Å². The van der Waals surface area contributed by atoms with Gasteiger partial charge in [-0.15, -0.1) is 0 Å². The van der Waals surface area contributed by atoms with Gasteiger partial charge in [-0.3, -0.25) is 0 Å². The van der Waals surface area contributed by atoms with Crippen molar-refractivity contribution in [3.63, 3.8) is 0 Å². The fourth-order valence-corrected chi connectivity index (χ4v) is 21.5. The van der Waals surface area contributed by atoms with E-state index in [0.717, 1.165) is 35.3 Å². The summed E-state index contributed by atoms with van der Waals surface area (Å²) >= 11 is 11.3. The molecule has 0 aliphatic rings. The van der Waals surface area contributed by atoms with Gasteiger partial charge in [0.2, 0.25) is 0 Å². The lowest BCUT2D eigenvalue weighted by Gasteiger charge is -2.20. The van der Waals surface area contributed by atoms with Gasteiger partial charge in [0.15, 0.2) is 0 Å². The van der Waals surface area contributed by atoms with Gasteiger partial charge >= 0.3 is 14.2 Å². The van der Waals surface area contributed by atoms with Gasteiger partial charge in [0.1, 0.15) is 0 Å². The molecule has 0 fully saturated rings. The minimum Gasteiger partial charge on any atom is -0.423 e. The highest BCUT2D eigenvalue weighted by molar-refractivity contribution is 9.11. The second kappa shape index (κ2) is 43.0. The van der Waals surface area contributed by atoms with Gasteiger partial charge in [-0.25, -0.2) is 0 Å². The summed E-state index contributed by atoms with van der Waals surface area (Å²) in [7, 11) is -2.81. The van der Waals surface area contributed by atoms with Crippen molar-refractivity contribution in [2.75, 3.05) is 0 Å². The maximum absolute atomic E-state index is 9.22. The predicted molar refractivity (Wildman–Crippen MR) is 620 cm³/mol. The molecule has 680 valence electrons. The molecule has 4 nitrogen and oxygen atoms in total. The normalized spacial score (nSPS) is 11.0. The predicted octanol–water partition coefficient (Wildman–Crippen LogP) is 35.3. The molecule has 0 atom stereocenters. The molecule has 0 heterocycles. The van der Waals surface area contributed by atoms with Crippen LogP contribution in [-0.4, -0.2) is 34.3 Å². The Balaban J connectivity index is 0.000000113. The lowest BCUT2D eigenvalue weighted by molar-refractivity contribution is 0.424. The quantitative estimate of drug-likeness (QED) is 0.0818. The molecule has 0 bridgehead atoms. The van der Waals surface area contributed by atoms with Crippen molar-refractivity contribution in [2.45, 2.75) is 0 Å². The highest BCUT2D eigenvalue weighted by atomic mass is 79.9. The van der Waals surface area contributed by atoms with E-state index >= 15 is 0 Å². The summed E-state index contributed by atoms with van der Waals surface area (Å²) in [6.07, 6.45) is 0. The third-order valence-electron chi connectivity index (χ3n) is 26.7. The SMILES string of the molecule is Brc1ccc2c(-c3ccccc3)c(-c3cccc(-c4ccc5ccccc5c4)c3)ccc2c1-c1ccccc1.Brc1ccc2c(-c3ccccc3)c(Br)ccc2c1-c1ccccc1.OB(O)c1ccc2ccccc2c1.OB(O)c1cccc(-c2ccc3ccccc3c2)c1.c1ccc(-c2c(-c3cccc(-c4ccc5ccccc5c4)c3)ccc3c(-c4ccccc4)c(-c4ccc5ccccc5c4)ccc23)cc1. The molecular formula is C134H93B2Br3O4. The van der Waals surface area contributed by atoms with Gasteiger partial charge in [0.05, 0.1) is 0 Å². The van der Waals surface area contributed by atoms with E-state index in [1.807, 2.05) is 60.7 Å². The molecule has 0 unspecified atom stereocenters. The molecule has 9 heteroatoms. The maximum atomic E-state index is 9.22. The van der Waals surface area contributed by atoms with E-state index in [2.05, 4.69) is 503 Å². The summed E-state index contributed by atoms with van der Waals surface area (Å²) in [6.45, 7) is 0. The van der Waals surface area contributed by atoms with Crippen molar-refractivity contribution in [1.82, 2.24) is 0 Å². The van der Waals surface area contributed by atoms with Crippen LogP contribution < -0.4 is 10.9 Å². The Kier molecular flexibility index (Phi) is 28.0. The third-order valence-corrected chi connectivity index (χ3v) is 28.7. The Hall–Kier alpha value is -16.0. The van der Waals surface area contributed by atoms with Crippen LogP contribution in [0.3, 0.4) is 0 Å². The molecule has 0 saturated heterocycles. The fourth-order valence-electron chi connectivity index (χ4n) is 19.7. The van der Waals surface area contributed by atoms with Gasteiger partial charge in [-0.2, -0.15) is 0 Å². The summed E-state index contributed by atoms with van der Waals surface area (Å²) < 4.78 is 3.33. The highest BCUT2D eigenvalue weighted by Crippen LogP contribution is 2.50. The van der Waals surface area contributed by atoms with Gasteiger partial charge in [0.25, 0.3) is 0 Å². The molecule has 25 rings (SSSR count). The van der Waals surface area contributed by atoms with Crippen molar-refractivity contribution in [3.05, 3.63) is 553 Å². The Morgan fingerprint density at radius 2 is 0.322 bits per heavy atom. The van der Waals surface area contributed by atoms with E-state index < -0.39 is 14.2 Å². The molecule has 25 aromatic rings. The smallest absolute Gasteiger partial charge is 0.423 e. The molecular weight excluding hydrogens is 1930 g/mol. The van der Waals surface area contributed by atoms with Crippen molar-refractivity contribution in [2.24, 2.45) is 0 Å². The zero-order valence-corrected chi connectivity index (χ0v) is 82.7. The van der Waals surface area contributed by atoms with Crippen LogP contribution in [0.25, 0.3) is 220 Å². The summed E-state index contributed by atoms with van der Waals surface area (Å²) in [5.74, 6) is 0. The first kappa shape index (κ1) is 93.3. The molecule has 0 aromatic heterocycles. The van der Waals surface area contributed by atoms with Crippen molar-refractivity contribution >= 4 is 159 Å². The first-order valence-corrected chi connectivity index (χ1v) is 50.3.